The van der Waals surface area contributed by atoms with Crippen molar-refractivity contribution in [3.8, 4) is 5.75 Å². The quantitative estimate of drug-likeness (QED) is 0.631. The molecule has 3 rings (SSSR count). The highest BCUT2D eigenvalue weighted by Gasteiger charge is 2.33. The topological polar surface area (TPSA) is 118 Å². The monoisotopic (exact) mass is 449 g/mol. The molecule has 0 saturated carbocycles. The van der Waals surface area contributed by atoms with Crippen LogP contribution in [0.2, 0.25) is 0 Å². The molecule has 1 fully saturated rings. The van der Waals surface area contributed by atoms with Crippen molar-refractivity contribution in [3.05, 3.63) is 48.4 Å². The van der Waals surface area contributed by atoms with Gasteiger partial charge in [-0.15, -0.1) is 0 Å². The summed E-state index contributed by atoms with van der Waals surface area (Å²) in [5.41, 5.74) is 0. The van der Waals surface area contributed by atoms with E-state index in [9.17, 15) is 18.0 Å². The van der Waals surface area contributed by atoms with Gasteiger partial charge in [0.1, 0.15) is 17.6 Å². The fraction of sp³-hybridized carbons (Fsp3) is 0.429. The van der Waals surface area contributed by atoms with Gasteiger partial charge < -0.3 is 19.8 Å². The second-order valence-corrected chi connectivity index (χ2v) is 9.32. The number of carbonyl (C=O) groups is 2. The number of sulfonamides is 1. The summed E-state index contributed by atoms with van der Waals surface area (Å²) >= 11 is 0. The number of rotatable bonds is 8. The Hall–Kier alpha value is -2.85. The molecule has 10 heteroatoms. The van der Waals surface area contributed by atoms with Gasteiger partial charge in [0.2, 0.25) is 21.8 Å². The molecule has 31 heavy (non-hydrogen) atoms. The maximum Gasteiger partial charge on any atom is 0.243 e. The number of amides is 2. The summed E-state index contributed by atoms with van der Waals surface area (Å²) in [5, 5.41) is 5.42. The van der Waals surface area contributed by atoms with Crippen LogP contribution in [0.5, 0.6) is 5.75 Å². The van der Waals surface area contributed by atoms with Crippen LogP contribution in [0.4, 0.5) is 0 Å². The number of hydrogen-bond donors (Lipinski definition) is 2. The highest BCUT2D eigenvalue weighted by Crippen LogP contribution is 2.25. The van der Waals surface area contributed by atoms with Gasteiger partial charge in [0.25, 0.3) is 0 Å². The number of nitrogens with one attached hydrogen (secondary N) is 2. The first-order valence-electron chi connectivity index (χ1n) is 10.1. The lowest BCUT2D eigenvalue weighted by atomic mass is 9.97. The van der Waals surface area contributed by atoms with E-state index in [0.717, 1.165) is 0 Å². The lowest BCUT2D eigenvalue weighted by molar-refractivity contribution is -0.131. The number of carbonyl (C=O) groups excluding carboxylic acids is 2. The number of furan rings is 1. The predicted molar refractivity (Wildman–Crippen MR) is 113 cm³/mol. The Morgan fingerprint density at radius 1 is 1.19 bits per heavy atom. The lowest BCUT2D eigenvalue weighted by Crippen LogP contribution is -2.49. The number of nitrogens with zero attached hydrogens (tertiary/aromatic N) is 1. The molecule has 1 aromatic carbocycles. The fourth-order valence-corrected chi connectivity index (χ4v) is 4.86. The van der Waals surface area contributed by atoms with E-state index < -0.39 is 16.1 Å². The van der Waals surface area contributed by atoms with E-state index in [1.165, 1.54) is 29.8 Å². The molecule has 2 heterocycles. The smallest absolute Gasteiger partial charge is 0.243 e. The maximum atomic E-state index is 12.8. The van der Waals surface area contributed by atoms with Gasteiger partial charge in [0.15, 0.2) is 0 Å². The first kappa shape index (κ1) is 22.8. The van der Waals surface area contributed by atoms with E-state index in [2.05, 4.69) is 10.6 Å². The summed E-state index contributed by atoms with van der Waals surface area (Å²) in [6.07, 6.45) is 2.30. The second kappa shape index (κ2) is 9.97. The van der Waals surface area contributed by atoms with Crippen LogP contribution in [0.25, 0.3) is 0 Å². The van der Waals surface area contributed by atoms with Crippen molar-refractivity contribution in [3.63, 3.8) is 0 Å². The van der Waals surface area contributed by atoms with E-state index in [0.29, 0.717) is 24.4 Å². The van der Waals surface area contributed by atoms with Crippen molar-refractivity contribution in [1.29, 1.82) is 0 Å². The molecule has 1 saturated heterocycles. The van der Waals surface area contributed by atoms with Gasteiger partial charge in [-0.3, -0.25) is 9.59 Å². The van der Waals surface area contributed by atoms with Crippen molar-refractivity contribution in [1.82, 2.24) is 14.9 Å². The van der Waals surface area contributed by atoms with Crippen molar-refractivity contribution < 1.29 is 27.2 Å². The van der Waals surface area contributed by atoms with Crippen LogP contribution >= 0.6 is 0 Å². The van der Waals surface area contributed by atoms with Gasteiger partial charge in [-0.05, 0) is 56.2 Å². The molecule has 2 N–H and O–H groups in total. The number of ether oxygens (including phenoxy) is 1. The standard InChI is InChI=1S/C21H27N3O6S/c1-15(20(25)22-14-18-4-3-13-30-18)23-21(26)16-9-11-24(12-10-16)31(27,28)19-7-5-17(29-2)6-8-19/h3-8,13,15-16H,9-12,14H2,1-2H3,(H,22,25)(H,23,26). The normalized spacial score (nSPS) is 16.5. The predicted octanol–water partition coefficient (Wildman–Crippen LogP) is 1.51. The zero-order chi connectivity index (χ0) is 22.4. The third-order valence-electron chi connectivity index (χ3n) is 5.29. The van der Waals surface area contributed by atoms with E-state index in [-0.39, 0.29) is 42.3 Å². The molecule has 2 aromatic rings. The Morgan fingerprint density at radius 3 is 2.45 bits per heavy atom. The van der Waals surface area contributed by atoms with Crippen LogP contribution in [0, 0.1) is 5.92 Å². The molecule has 1 unspecified atom stereocenters. The summed E-state index contributed by atoms with van der Waals surface area (Å²) in [7, 11) is -2.11. The number of benzene rings is 1. The minimum absolute atomic E-state index is 0.193. The van der Waals surface area contributed by atoms with Gasteiger partial charge in [0.05, 0.1) is 24.8 Å². The fourth-order valence-electron chi connectivity index (χ4n) is 3.39. The molecule has 0 radical (unpaired) electrons. The Morgan fingerprint density at radius 2 is 1.87 bits per heavy atom. The minimum atomic E-state index is -3.63. The van der Waals surface area contributed by atoms with Gasteiger partial charge in [0, 0.05) is 19.0 Å². The zero-order valence-electron chi connectivity index (χ0n) is 17.5. The van der Waals surface area contributed by atoms with Crippen molar-refractivity contribution in [2.45, 2.75) is 37.2 Å². The Labute approximate surface area is 181 Å². The average molecular weight is 450 g/mol. The van der Waals surface area contributed by atoms with Crippen LogP contribution in [0.1, 0.15) is 25.5 Å². The number of piperidine rings is 1. The summed E-state index contributed by atoms with van der Waals surface area (Å²) in [5.74, 6) is 0.294. The highest BCUT2D eigenvalue weighted by atomic mass is 32.2. The largest absolute Gasteiger partial charge is 0.497 e. The van der Waals surface area contributed by atoms with E-state index >= 15 is 0 Å². The molecule has 1 aliphatic heterocycles. The van der Waals surface area contributed by atoms with Crippen LogP contribution in [-0.4, -0.2) is 50.8 Å². The van der Waals surface area contributed by atoms with Gasteiger partial charge in [-0.2, -0.15) is 4.31 Å². The first-order chi connectivity index (χ1) is 14.8. The molecule has 168 valence electrons. The molecule has 0 aliphatic carbocycles. The Bertz CT molecular complexity index is 981. The first-order valence-corrected chi connectivity index (χ1v) is 11.5. The van der Waals surface area contributed by atoms with E-state index in [4.69, 9.17) is 9.15 Å². The molecular weight excluding hydrogens is 422 g/mol. The Kier molecular flexibility index (Phi) is 7.34. The SMILES string of the molecule is COc1ccc(S(=O)(=O)N2CCC(C(=O)NC(C)C(=O)NCc3ccco3)CC2)cc1. The molecule has 2 amide bonds. The summed E-state index contributed by atoms with van der Waals surface area (Å²) in [4.78, 5) is 24.9. The van der Waals surface area contributed by atoms with Gasteiger partial charge in [-0.25, -0.2) is 8.42 Å². The molecule has 0 bridgehead atoms. The molecular formula is C21H27N3O6S. The molecule has 1 aliphatic rings. The highest BCUT2D eigenvalue weighted by molar-refractivity contribution is 7.89. The molecule has 1 aromatic heterocycles. The number of methoxy groups -OCH3 is 1. The van der Waals surface area contributed by atoms with Crippen molar-refractivity contribution in [2.75, 3.05) is 20.2 Å². The van der Waals surface area contributed by atoms with Crippen LogP contribution in [-0.2, 0) is 26.2 Å². The van der Waals surface area contributed by atoms with Crippen LogP contribution < -0.4 is 15.4 Å². The Balaban J connectivity index is 1.49. The molecule has 9 nitrogen and oxygen atoms in total. The van der Waals surface area contributed by atoms with Crippen molar-refractivity contribution in [2.24, 2.45) is 5.92 Å². The summed E-state index contributed by atoms with van der Waals surface area (Å²) < 4.78 is 37.3. The third kappa shape index (κ3) is 5.65. The van der Waals surface area contributed by atoms with E-state index in [1.54, 1.807) is 31.2 Å². The van der Waals surface area contributed by atoms with Crippen molar-refractivity contribution >= 4 is 21.8 Å². The van der Waals surface area contributed by atoms with Crippen LogP contribution in [0.3, 0.4) is 0 Å². The average Bonchev–Trinajstić information content (AvgIpc) is 3.31. The zero-order valence-corrected chi connectivity index (χ0v) is 18.4. The van der Waals surface area contributed by atoms with Gasteiger partial charge in [-0.1, -0.05) is 0 Å². The van der Waals surface area contributed by atoms with Crippen LogP contribution in [0.15, 0.2) is 52.0 Å². The number of hydrogen-bond acceptors (Lipinski definition) is 6. The molecule has 1 atom stereocenters. The second-order valence-electron chi connectivity index (χ2n) is 7.38. The summed E-state index contributed by atoms with van der Waals surface area (Å²) in [6.45, 7) is 2.34. The van der Waals surface area contributed by atoms with Gasteiger partial charge >= 0.3 is 0 Å². The third-order valence-corrected chi connectivity index (χ3v) is 7.20. The minimum Gasteiger partial charge on any atom is -0.497 e. The lowest BCUT2D eigenvalue weighted by Gasteiger charge is -2.31. The molecule has 0 spiro atoms. The summed E-state index contributed by atoms with van der Waals surface area (Å²) in [6, 6.07) is 9.00. The maximum absolute atomic E-state index is 12.8. The van der Waals surface area contributed by atoms with E-state index in [1.807, 2.05) is 0 Å².